The van der Waals surface area contributed by atoms with Gasteiger partial charge in [0.2, 0.25) is 11.8 Å². The molecule has 0 atom stereocenters. The van der Waals surface area contributed by atoms with Crippen LogP contribution in [0.3, 0.4) is 0 Å². The van der Waals surface area contributed by atoms with E-state index < -0.39 is 0 Å². The van der Waals surface area contributed by atoms with Crippen molar-refractivity contribution in [2.75, 3.05) is 18.4 Å². The number of hydrogen-bond donors (Lipinski definition) is 1. The van der Waals surface area contributed by atoms with E-state index in [1.54, 1.807) is 11.1 Å². The quantitative estimate of drug-likeness (QED) is 0.840. The van der Waals surface area contributed by atoms with Gasteiger partial charge in [-0.25, -0.2) is 4.98 Å². The Morgan fingerprint density at radius 2 is 2.47 bits per heavy atom. The molecule has 1 fully saturated rings. The van der Waals surface area contributed by atoms with Crippen molar-refractivity contribution in [2.45, 2.75) is 26.2 Å². The lowest BCUT2D eigenvalue weighted by atomic mass is 10.4. The Bertz CT molecular complexity index is 427. The number of amides is 2. The topological polar surface area (TPSA) is 75.4 Å². The van der Waals surface area contributed by atoms with Gasteiger partial charge < -0.3 is 9.32 Å². The van der Waals surface area contributed by atoms with Gasteiger partial charge in [-0.15, -0.1) is 0 Å². The van der Waals surface area contributed by atoms with E-state index in [1.165, 1.54) is 0 Å². The highest BCUT2D eigenvalue weighted by molar-refractivity contribution is 5.93. The number of anilines is 1. The highest BCUT2D eigenvalue weighted by atomic mass is 16.4. The number of aromatic nitrogens is 1. The van der Waals surface area contributed by atoms with Crippen molar-refractivity contribution in [1.29, 1.82) is 0 Å². The summed E-state index contributed by atoms with van der Waals surface area (Å²) in [7, 11) is 0. The number of nitrogens with one attached hydrogen (secondary N) is 1. The molecule has 92 valence electrons. The number of likely N-dealkylation sites (tertiary alicyclic amines) is 1. The molecular formula is C11H15N3O3. The molecular weight excluding hydrogens is 222 g/mol. The summed E-state index contributed by atoms with van der Waals surface area (Å²) in [5.41, 5.74) is 0. The van der Waals surface area contributed by atoms with Gasteiger partial charge in [0.25, 0.3) is 0 Å². The number of carbonyl (C=O) groups is 2. The van der Waals surface area contributed by atoms with E-state index in [9.17, 15) is 9.59 Å². The van der Waals surface area contributed by atoms with Gasteiger partial charge in [-0.1, -0.05) is 6.92 Å². The number of oxazole rings is 1. The SMILES string of the molecule is CCc1cnc(NC(=O)CN2CCCC2=O)o1. The summed E-state index contributed by atoms with van der Waals surface area (Å²) < 4.78 is 5.25. The summed E-state index contributed by atoms with van der Waals surface area (Å²) >= 11 is 0. The first-order valence-corrected chi connectivity index (χ1v) is 5.71. The first kappa shape index (κ1) is 11.6. The second-order valence-corrected chi connectivity index (χ2v) is 3.95. The Morgan fingerprint density at radius 1 is 1.65 bits per heavy atom. The first-order valence-electron chi connectivity index (χ1n) is 5.71. The highest BCUT2D eigenvalue weighted by Gasteiger charge is 2.22. The van der Waals surface area contributed by atoms with Gasteiger partial charge in [-0.2, -0.15) is 0 Å². The van der Waals surface area contributed by atoms with Gasteiger partial charge >= 0.3 is 6.01 Å². The molecule has 1 aromatic rings. The molecule has 0 aromatic carbocycles. The molecule has 1 aliphatic rings. The van der Waals surface area contributed by atoms with Crippen molar-refractivity contribution < 1.29 is 14.0 Å². The average molecular weight is 237 g/mol. The second-order valence-electron chi connectivity index (χ2n) is 3.95. The van der Waals surface area contributed by atoms with E-state index in [1.807, 2.05) is 6.92 Å². The van der Waals surface area contributed by atoms with Crippen LogP contribution in [-0.4, -0.2) is 34.8 Å². The summed E-state index contributed by atoms with van der Waals surface area (Å²) in [4.78, 5) is 28.4. The molecule has 2 amide bonds. The molecule has 1 saturated heterocycles. The van der Waals surface area contributed by atoms with Gasteiger partial charge in [-0.05, 0) is 6.42 Å². The van der Waals surface area contributed by atoms with Crippen molar-refractivity contribution >= 4 is 17.8 Å². The Hall–Kier alpha value is -1.85. The molecule has 0 bridgehead atoms. The van der Waals surface area contributed by atoms with E-state index in [-0.39, 0.29) is 24.4 Å². The standard InChI is InChI=1S/C11H15N3O3/c1-2-8-6-12-11(17-8)13-9(15)7-14-5-3-4-10(14)16/h6H,2-5,7H2,1H3,(H,12,13,15). The zero-order valence-corrected chi connectivity index (χ0v) is 9.73. The molecule has 1 N–H and O–H groups in total. The number of rotatable bonds is 4. The van der Waals surface area contributed by atoms with Gasteiger partial charge in [0, 0.05) is 19.4 Å². The molecule has 0 spiro atoms. The summed E-state index contributed by atoms with van der Waals surface area (Å²) in [6.45, 7) is 2.66. The molecule has 6 heteroatoms. The zero-order valence-electron chi connectivity index (χ0n) is 9.73. The number of hydrogen-bond acceptors (Lipinski definition) is 4. The second kappa shape index (κ2) is 4.99. The summed E-state index contributed by atoms with van der Waals surface area (Å²) in [6, 6.07) is 0.193. The molecule has 0 saturated carbocycles. The lowest BCUT2D eigenvalue weighted by Crippen LogP contribution is -2.34. The normalized spacial score (nSPS) is 15.4. The fourth-order valence-corrected chi connectivity index (χ4v) is 1.73. The Kier molecular flexibility index (Phi) is 3.41. The highest BCUT2D eigenvalue weighted by Crippen LogP contribution is 2.11. The van der Waals surface area contributed by atoms with E-state index in [2.05, 4.69) is 10.3 Å². The summed E-state index contributed by atoms with van der Waals surface area (Å²) in [5, 5.41) is 2.53. The van der Waals surface area contributed by atoms with Crippen LogP contribution >= 0.6 is 0 Å². The minimum atomic E-state index is -0.273. The van der Waals surface area contributed by atoms with E-state index >= 15 is 0 Å². The minimum absolute atomic E-state index is 0.0294. The smallest absolute Gasteiger partial charge is 0.301 e. The van der Waals surface area contributed by atoms with E-state index in [0.717, 1.165) is 18.6 Å². The minimum Gasteiger partial charge on any atom is -0.429 e. The van der Waals surface area contributed by atoms with Crippen LogP contribution in [0.2, 0.25) is 0 Å². The monoisotopic (exact) mass is 237 g/mol. The van der Waals surface area contributed by atoms with Crippen LogP contribution in [0.1, 0.15) is 25.5 Å². The van der Waals surface area contributed by atoms with Gasteiger partial charge in [0.05, 0.1) is 12.7 Å². The third-order valence-corrected chi connectivity index (χ3v) is 2.65. The molecule has 6 nitrogen and oxygen atoms in total. The zero-order chi connectivity index (χ0) is 12.3. The Balaban J connectivity index is 1.86. The summed E-state index contributed by atoms with van der Waals surface area (Å²) in [6.07, 6.45) is 3.67. The molecule has 1 aromatic heterocycles. The predicted molar refractivity (Wildman–Crippen MR) is 60.3 cm³/mol. The fraction of sp³-hybridized carbons (Fsp3) is 0.545. The van der Waals surface area contributed by atoms with Crippen molar-refractivity contribution in [2.24, 2.45) is 0 Å². The Morgan fingerprint density at radius 3 is 3.06 bits per heavy atom. The fourth-order valence-electron chi connectivity index (χ4n) is 1.73. The number of aryl methyl sites for hydroxylation is 1. The van der Waals surface area contributed by atoms with Crippen molar-refractivity contribution in [3.05, 3.63) is 12.0 Å². The van der Waals surface area contributed by atoms with Crippen LogP contribution in [0.4, 0.5) is 6.01 Å². The maximum Gasteiger partial charge on any atom is 0.301 e. The molecule has 0 radical (unpaired) electrons. The van der Waals surface area contributed by atoms with Gasteiger partial charge in [0.1, 0.15) is 5.76 Å². The summed E-state index contributed by atoms with van der Waals surface area (Å²) in [5.74, 6) is 0.476. The van der Waals surface area contributed by atoms with E-state index in [4.69, 9.17) is 4.42 Å². The van der Waals surface area contributed by atoms with Crippen molar-refractivity contribution in [3.63, 3.8) is 0 Å². The van der Waals surface area contributed by atoms with Crippen molar-refractivity contribution in [1.82, 2.24) is 9.88 Å². The molecule has 0 aliphatic carbocycles. The molecule has 2 rings (SSSR count). The average Bonchev–Trinajstić information content (AvgIpc) is 2.89. The van der Waals surface area contributed by atoms with E-state index in [0.29, 0.717) is 13.0 Å². The van der Waals surface area contributed by atoms with Crippen LogP contribution in [0, 0.1) is 0 Å². The molecule has 0 unspecified atom stereocenters. The first-order chi connectivity index (χ1) is 8.19. The van der Waals surface area contributed by atoms with Crippen LogP contribution < -0.4 is 5.32 Å². The van der Waals surface area contributed by atoms with Gasteiger partial charge in [-0.3, -0.25) is 14.9 Å². The number of carbonyl (C=O) groups excluding carboxylic acids is 2. The van der Waals surface area contributed by atoms with Crippen LogP contribution in [0.15, 0.2) is 10.6 Å². The third-order valence-electron chi connectivity index (χ3n) is 2.65. The molecule has 1 aliphatic heterocycles. The molecule has 17 heavy (non-hydrogen) atoms. The van der Waals surface area contributed by atoms with Crippen molar-refractivity contribution in [3.8, 4) is 0 Å². The van der Waals surface area contributed by atoms with Crippen LogP contribution in [-0.2, 0) is 16.0 Å². The van der Waals surface area contributed by atoms with Crippen LogP contribution in [0.25, 0.3) is 0 Å². The largest absolute Gasteiger partial charge is 0.429 e. The lowest BCUT2D eigenvalue weighted by molar-refractivity contribution is -0.131. The van der Waals surface area contributed by atoms with Crippen LogP contribution in [0.5, 0.6) is 0 Å². The van der Waals surface area contributed by atoms with Gasteiger partial charge in [0.15, 0.2) is 0 Å². The maximum absolute atomic E-state index is 11.6. The lowest BCUT2D eigenvalue weighted by Gasteiger charge is -2.13. The third kappa shape index (κ3) is 2.83. The number of nitrogens with zero attached hydrogens (tertiary/aromatic N) is 2. The predicted octanol–water partition coefficient (Wildman–Crippen LogP) is 0.798. The maximum atomic E-state index is 11.6. The molecule has 2 heterocycles. The Labute approximate surface area is 99.0 Å².